The largest absolute Gasteiger partial charge is 0.458 e. The van der Waals surface area contributed by atoms with Crippen LogP contribution in [-0.2, 0) is 9.53 Å². The normalized spacial score (nSPS) is 39.9. The van der Waals surface area contributed by atoms with Crippen LogP contribution in [0.3, 0.4) is 0 Å². The number of aliphatic hydroxyl groups is 2. The molecule has 10 heavy (non-hydrogen) atoms. The van der Waals surface area contributed by atoms with Gasteiger partial charge in [-0.2, -0.15) is 0 Å². The van der Waals surface area contributed by atoms with E-state index in [0.29, 0.717) is 6.42 Å². The minimum atomic E-state index is -1.34. The van der Waals surface area contributed by atoms with E-state index in [0.717, 1.165) is 0 Å². The van der Waals surface area contributed by atoms with Crippen LogP contribution in [0.5, 0.6) is 0 Å². The Hall–Kier alpha value is -0.610. The summed E-state index contributed by atoms with van der Waals surface area (Å²) in [5, 5.41) is 17.9. The lowest BCUT2D eigenvalue weighted by atomic mass is 10.1. The Balaban J connectivity index is 2.61. The van der Waals surface area contributed by atoms with E-state index in [1.54, 1.807) is 6.92 Å². The molecule has 2 unspecified atom stereocenters. The molecular formula is C6H10O4. The SMILES string of the molecule is CC[C@H]1OC(=O)C(O)C1O. The van der Waals surface area contributed by atoms with Gasteiger partial charge >= 0.3 is 5.97 Å². The Bertz CT molecular complexity index is 145. The highest BCUT2D eigenvalue weighted by molar-refractivity contribution is 5.77. The highest BCUT2D eigenvalue weighted by Gasteiger charge is 2.41. The van der Waals surface area contributed by atoms with E-state index >= 15 is 0 Å². The number of rotatable bonds is 1. The minimum Gasteiger partial charge on any atom is -0.458 e. The molecule has 1 rings (SSSR count). The number of cyclic esters (lactones) is 1. The standard InChI is InChI=1S/C6H10O4/c1-2-3-4(7)5(8)6(9)10-3/h3-5,7-8H,2H2,1H3/t3-,4?,5?/m1/s1. The van der Waals surface area contributed by atoms with Crippen LogP contribution in [0.25, 0.3) is 0 Å². The number of hydrogen-bond acceptors (Lipinski definition) is 4. The molecule has 4 heteroatoms. The number of carbonyl (C=O) groups is 1. The first-order valence-electron chi connectivity index (χ1n) is 3.23. The summed E-state index contributed by atoms with van der Waals surface area (Å²) in [6, 6.07) is 0. The van der Waals surface area contributed by atoms with E-state index in [2.05, 4.69) is 4.74 Å². The third kappa shape index (κ3) is 0.998. The molecule has 1 fully saturated rings. The molecule has 0 saturated carbocycles. The van der Waals surface area contributed by atoms with Crippen molar-refractivity contribution in [2.45, 2.75) is 31.7 Å². The Labute approximate surface area is 58.4 Å². The van der Waals surface area contributed by atoms with E-state index in [1.807, 2.05) is 0 Å². The van der Waals surface area contributed by atoms with Crippen LogP contribution in [0, 0.1) is 0 Å². The van der Waals surface area contributed by atoms with E-state index in [4.69, 9.17) is 10.2 Å². The molecule has 0 radical (unpaired) electrons. The van der Waals surface area contributed by atoms with Crippen molar-refractivity contribution in [1.29, 1.82) is 0 Å². The van der Waals surface area contributed by atoms with Crippen LogP contribution in [0.4, 0.5) is 0 Å². The van der Waals surface area contributed by atoms with Gasteiger partial charge in [0.2, 0.25) is 0 Å². The second-order valence-corrected chi connectivity index (χ2v) is 2.32. The lowest BCUT2D eigenvalue weighted by molar-refractivity contribution is -0.147. The van der Waals surface area contributed by atoms with Crippen molar-refractivity contribution in [1.82, 2.24) is 0 Å². The topological polar surface area (TPSA) is 66.8 Å². The van der Waals surface area contributed by atoms with Crippen molar-refractivity contribution in [2.75, 3.05) is 0 Å². The van der Waals surface area contributed by atoms with Crippen LogP contribution in [-0.4, -0.2) is 34.5 Å². The molecule has 4 nitrogen and oxygen atoms in total. The summed E-state index contributed by atoms with van der Waals surface area (Å²) >= 11 is 0. The Morgan fingerprint density at radius 3 is 2.40 bits per heavy atom. The molecule has 1 aliphatic heterocycles. The molecule has 0 amide bonds. The lowest BCUT2D eigenvalue weighted by Gasteiger charge is -2.09. The van der Waals surface area contributed by atoms with Gasteiger partial charge in [-0.25, -0.2) is 4.79 Å². The van der Waals surface area contributed by atoms with E-state index in [1.165, 1.54) is 0 Å². The minimum absolute atomic E-state index is 0.525. The van der Waals surface area contributed by atoms with Crippen molar-refractivity contribution in [3.63, 3.8) is 0 Å². The van der Waals surface area contributed by atoms with Crippen molar-refractivity contribution in [3.05, 3.63) is 0 Å². The quantitative estimate of drug-likeness (QED) is 0.468. The summed E-state index contributed by atoms with van der Waals surface area (Å²) in [5.74, 6) is -0.723. The molecule has 1 heterocycles. The fourth-order valence-electron chi connectivity index (χ4n) is 0.956. The second-order valence-electron chi connectivity index (χ2n) is 2.32. The van der Waals surface area contributed by atoms with Crippen molar-refractivity contribution >= 4 is 5.97 Å². The number of aliphatic hydroxyl groups excluding tert-OH is 2. The van der Waals surface area contributed by atoms with E-state index in [9.17, 15) is 4.79 Å². The predicted molar refractivity (Wildman–Crippen MR) is 32.2 cm³/mol. The third-order valence-corrected chi connectivity index (χ3v) is 1.62. The second kappa shape index (κ2) is 2.56. The predicted octanol–water partition coefficient (Wildman–Crippen LogP) is -0.956. The Morgan fingerprint density at radius 2 is 2.20 bits per heavy atom. The van der Waals surface area contributed by atoms with Crippen LogP contribution >= 0.6 is 0 Å². The first-order valence-corrected chi connectivity index (χ1v) is 3.23. The molecule has 1 aliphatic rings. The summed E-state index contributed by atoms with van der Waals surface area (Å²) in [4.78, 5) is 10.5. The first kappa shape index (κ1) is 7.50. The fourth-order valence-corrected chi connectivity index (χ4v) is 0.956. The monoisotopic (exact) mass is 146 g/mol. The molecule has 3 atom stereocenters. The van der Waals surface area contributed by atoms with Gasteiger partial charge in [0.1, 0.15) is 12.2 Å². The number of carbonyl (C=O) groups excluding carboxylic acids is 1. The first-order chi connectivity index (χ1) is 4.66. The maximum Gasteiger partial charge on any atom is 0.338 e. The van der Waals surface area contributed by atoms with Crippen molar-refractivity contribution in [2.24, 2.45) is 0 Å². The molecule has 0 aromatic rings. The van der Waals surface area contributed by atoms with Gasteiger partial charge in [0.15, 0.2) is 6.10 Å². The smallest absolute Gasteiger partial charge is 0.338 e. The molecule has 2 N–H and O–H groups in total. The van der Waals surface area contributed by atoms with E-state index in [-0.39, 0.29) is 0 Å². The average Bonchev–Trinajstić information content (AvgIpc) is 2.17. The average molecular weight is 146 g/mol. The van der Waals surface area contributed by atoms with Crippen molar-refractivity contribution in [3.8, 4) is 0 Å². The highest BCUT2D eigenvalue weighted by atomic mass is 16.6. The van der Waals surface area contributed by atoms with Gasteiger partial charge in [-0.15, -0.1) is 0 Å². The van der Waals surface area contributed by atoms with Crippen LogP contribution in [0.15, 0.2) is 0 Å². The third-order valence-electron chi connectivity index (χ3n) is 1.62. The number of hydrogen-bond donors (Lipinski definition) is 2. The summed E-state index contributed by atoms with van der Waals surface area (Å²) in [7, 11) is 0. The summed E-state index contributed by atoms with van der Waals surface area (Å²) in [5.41, 5.74) is 0. The summed E-state index contributed by atoms with van der Waals surface area (Å²) in [6.07, 6.45) is -2.38. The maximum atomic E-state index is 10.5. The summed E-state index contributed by atoms with van der Waals surface area (Å²) in [6.45, 7) is 1.78. The zero-order chi connectivity index (χ0) is 7.72. The lowest BCUT2D eigenvalue weighted by Crippen LogP contribution is -2.30. The van der Waals surface area contributed by atoms with Gasteiger partial charge < -0.3 is 14.9 Å². The zero-order valence-electron chi connectivity index (χ0n) is 5.65. The molecule has 0 aromatic carbocycles. The zero-order valence-corrected chi connectivity index (χ0v) is 5.65. The highest BCUT2D eigenvalue weighted by Crippen LogP contribution is 2.17. The van der Waals surface area contributed by atoms with E-state index < -0.39 is 24.3 Å². The van der Waals surface area contributed by atoms with Gasteiger partial charge in [-0.3, -0.25) is 0 Å². The molecule has 1 saturated heterocycles. The Kier molecular flexibility index (Phi) is 1.92. The van der Waals surface area contributed by atoms with Gasteiger partial charge in [-0.1, -0.05) is 6.92 Å². The Morgan fingerprint density at radius 1 is 1.60 bits per heavy atom. The molecule has 0 bridgehead atoms. The maximum absolute atomic E-state index is 10.5. The number of ether oxygens (including phenoxy) is 1. The van der Waals surface area contributed by atoms with Crippen LogP contribution in [0.2, 0.25) is 0 Å². The molecular weight excluding hydrogens is 136 g/mol. The fraction of sp³-hybridized carbons (Fsp3) is 0.833. The van der Waals surface area contributed by atoms with Crippen LogP contribution in [0.1, 0.15) is 13.3 Å². The molecule has 0 aromatic heterocycles. The molecule has 0 aliphatic carbocycles. The van der Waals surface area contributed by atoms with Gasteiger partial charge in [0.05, 0.1) is 0 Å². The van der Waals surface area contributed by atoms with Crippen molar-refractivity contribution < 1.29 is 19.7 Å². The van der Waals surface area contributed by atoms with Gasteiger partial charge in [-0.05, 0) is 6.42 Å². The number of esters is 1. The van der Waals surface area contributed by atoms with Gasteiger partial charge in [0.25, 0.3) is 0 Å². The van der Waals surface area contributed by atoms with Gasteiger partial charge in [0, 0.05) is 0 Å². The summed E-state index contributed by atoms with van der Waals surface area (Å²) < 4.78 is 4.60. The van der Waals surface area contributed by atoms with Crippen LogP contribution < -0.4 is 0 Å². The molecule has 58 valence electrons. The molecule has 0 spiro atoms.